The highest BCUT2D eigenvalue weighted by molar-refractivity contribution is 6.30. The normalized spacial score (nSPS) is 24.5. The lowest BCUT2D eigenvalue weighted by Crippen LogP contribution is -2.53. The summed E-state index contributed by atoms with van der Waals surface area (Å²) >= 11 is 12.2. The standard InChI is InChI=1S/C21H22Cl2F2N6/c1-12-10-30(17(15-9-21(15,24)25)13-3-5-14(22)6-4-13)7-8-31(12)19-16-18(27-20(23)28-19)29(2)11-26-16/h3-6,11-12,15,17H,7-10H2,1-2H3. The second kappa shape index (κ2) is 7.53. The molecule has 164 valence electrons. The van der Waals surface area contributed by atoms with Gasteiger partial charge in [0, 0.05) is 56.1 Å². The molecule has 1 aromatic carbocycles. The molecule has 0 N–H and O–H groups in total. The van der Waals surface area contributed by atoms with E-state index in [1.54, 1.807) is 23.0 Å². The molecular formula is C21H22Cl2F2N6. The van der Waals surface area contributed by atoms with Crippen molar-refractivity contribution in [2.45, 2.75) is 31.4 Å². The zero-order valence-electron chi connectivity index (χ0n) is 17.1. The molecule has 2 fully saturated rings. The first-order valence-corrected chi connectivity index (χ1v) is 11.0. The second-order valence-electron chi connectivity index (χ2n) is 8.45. The molecule has 1 aliphatic carbocycles. The number of anilines is 1. The molecule has 3 atom stereocenters. The largest absolute Gasteiger partial charge is 0.349 e. The highest BCUT2D eigenvalue weighted by atomic mass is 35.5. The van der Waals surface area contributed by atoms with Crippen LogP contribution in [-0.4, -0.2) is 56.0 Å². The molecule has 3 aromatic rings. The first kappa shape index (κ1) is 20.8. The van der Waals surface area contributed by atoms with Gasteiger partial charge in [0.05, 0.1) is 6.33 Å². The number of halogens is 4. The summed E-state index contributed by atoms with van der Waals surface area (Å²) in [4.78, 5) is 17.5. The maximum absolute atomic E-state index is 14.1. The summed E-state index contributed by atoms with van der Waals surface area (Å²) in [5.41, 5.74) is 2.24. The molecule has 2 aliphatic rings. The van der Waals surface area contributed by atoms with E-state index in [1.165, 1.54) is 0 Å². The van der Waals surface area contributed by atoms with Crippen LogP contribution in [0.5, 0.6) is 0 Å². The van der Waals surface area contributed by atoms with Crippen LogP contribution in [0.4, 0.5) is 14.6 Å². The van der Waals surface area contributed by atoms with Crippen molar-refractivity contribution in [3.8, 4) is 0 Å². The fourth-order valence-corrected chi connectivity index (χ4v) is 4.94. The number of rotatable bonds is 4. The summed E-state index contributed by atoms with van der Waals surface area (Å²) in [6, 6.07) is 6.95. The van der Waals surface area contributed by atoms with Gasteiger partial charge in [0.1, 0.15) is 0 Å². The van der Waals surface area contributed by atoms with Crippen molar-refractivity contribution in [2.75, 3.05) is 24.5 Å². The number of aryl methyl sites for hydroxylation is 1. The van der Waals surface area contributed by atoms with Gasteiger partial charge in [0.15, 0.2) is 17.0 Å². The van der Waals surface area contributed by atoms with E-state index in [-0.39, 0.29) is 23.8 Å². The Morgan fingerprint density at radius 3 is 2.48 bits per heavy atom. The number of piperazine rings is 1. The molecule has 10 heteroatoms. The summed E-state index contributed by atoms with van der Waals surface area (Å²) in [7, 11) is 1.86. The van der Waals surface area contributed by atoms with E-state index >= 15 is 0 Å². The predicted octanol–water partition coefficient (Wildman–Crippen LogP) is 4.58. The minimum atomic E-state index is -2.62. The quantitative estimate of drug-likeness (QED) is 0.526. The van der Waals surface area contributed by atoms with Crippen LogP contribution in [0.2, 0.25) is 10.3 Å². The molecule has 31 heavy (non-hydrogen) atoms. The summed E-state index contributed by atoms with van der Waals surface area (Å²) in [5, 5.41) is 0.764. The maximum Gasteiger partial charge on any atom is 0.253 e. The van der Waals surface area contributed by atoms with Crippen molar-refractivity contribution >= 4 is 40.2 Å². The van der Waals surface area contributed by atoms with Crippen LogP contribution in [0, 0.1) is 5.92 Å². The van der Waals surface area contributed by atoms with Crippen LogP contribution in [0.3, 0.4) is 0 Å². The smallest absolute Gasteiger partial charge is 0.253 e. The molecule has 1 aliphatic heterocycles. The van der Waals surface area contributed by atoms with Crippen LogP contribution in [0.25, 0.3) is 11.2 Å². The van der Waals surface area contributed by atoms with Crippen LogP contribution in [0.15, 0.2) is 30.6 Å². The topological polar surface area (TPSA) is 50.1 Å². The first-order chi connectivity index (χ1) is 14.7. The zero-order chi connectivity index (χ0) is 21.9. The zero-order valence-corrected chi connectivity index (χ0v) is 18.7. The van der Waals surface area contributed by atoms with Gasteiger partial charge in [-0.3, -0.25) is 4.90 Å². The van der Waals surface area contributed by atoms with Gasteiger partial charge in [-0.25, -0.2) is 13.8 Å². The first-order valence-electron chi connectivity index (χ1n) is 10.2. The second-order valence-corrected chi connectivity index (χ2v) is 9.22. The average Bonchev–Trinajstić information content (AvgIpc) is 3.18. The summed E-state index contributed by atoms with van der Waals surface area (Å²) in [6.07, 6.45) is 1.61. The lowest BCUT2D eigenvalue weighted by molar-refractivity contribution is 0.0570. The number of nitrogens with zero attached hydrogens (tertiary/aromatic N) is 6. The molecule has 0 bridgehead atoms. The van der Waals surface area contributed by atoms with E-state index in [1.807, 2.05) is 19.2 Å². The van der Waals surface area contributed by atoms with E-state index in [9.17, 15) is 8.78 Å². The molecule has 3 unspecified atom stereocenters. The van der Waals surface area contributed by atoms with Crippen LogP contribution in [-0.2, 0) is 7.05 Å². The third kappa shape index (κ3) is 3.75. The number of benzene rings is 1. The van der Waals surface area contributed by atoms with Crippen LogP contribution < -0.4 is 4.90 Å². The molecule has 0 amide bonds. The molecule has 1 saturated heterocycles. The van der Waals surface area contributed by atoms with Crippen molar-refractivity contribution in [1.82, 2.24) is 24.4 Å². The molecule has 5 rings (SSSR count). The predicted molar refractivity (Wildman–Crippen MR) is 117 cm³/mol. The molecule has 2 aromatic heterocycles. The Labute approximate surface area is 188 Å². The van der Waals surface area contributed by atoms with E-state index in [0.717, 1.165) is 5.56 Å². The molecule has 0 radical (unpaired) electrons. The van der Waals surface area contributed by atoms with Gasteiger partial charge in [-0.15, -0.1) is 0 Å². The number of hydrogen-bond acceptors (Lipinski definition) is 5. The van der Waals surface area contributed by atoms with E-state index in [0.29, 0.717) is 41.6 Å². The lowest BCUT2D eigenvalue weighted by atomic mass is 9.98. The van der Waals surface area contributed by atoms with Crippen molar-refractivity contribution < 1.29 is 8.78 Å². The molecule has 0 spiro atoms. The van der Waals surface area contributed by atoms with Gasteiger partial charge >= 0.3 is 0 Å². The number of hydrogen-bond donors (Lipinski definition) is 0. The third-order valence-electron chi connectivity index (χ3n) is 6.31. The SMILES string of the molecule is CC1CN(C(c2ccc(Cl)cc2)C2CC2(F)F)CCN1c1nc(Cl)nc2c1ncn2C. The Balaban J connectivity index is 1.43. The van der Waals surface area contributed by atoms with Crippen molar-refractivity contribution in [2.24, 2.45) is 13.0 Å². The molecule has 6 nitrogen and oxygen atoms in total. The van der Waals surface area contributed by atoms with Gasteiger partial charge in [-0.2, -0.15) is 9.97 Å². The fraction of sp³-hybridized carbons (Fsp3) is 0.476. The highest BCUT2D eigenvalue weighted by Gasteiger charge is 2.62. The third-order valence-corrected chi connectivity index (χ3v) is 6.73. The van der Waals surface area contributed by atoms with Gasteiger partial charge < -0.3 is 9.47 Å². The number of aromatic nitrogens is 4. The average molecular weight is 467 g/mol. The van der Waals surface area contributed by atoms with E-state index in [2.05, 4.69) is 31.7 Å². The minimum absolute atomic E-state index is 0.0343. The number of fused-ring (bicyclic) bond motifs is 1. The molecule has 3 heterocycles. The van der Waals surface area contributed by atoms with Gasteiger partial charge in [0.2, 0.25) is 5.28 Å². The Bertz CT molecular complexity index is 1120. The van der Waals surface area contributed by atoms with E-state index in [4.69, 9.17) is 23.2 Å². The number of alkyl halides is 2. The van der Waals surface area contributed by atoms with Crippen molar-refractivity contribution in [3.63, 3.8) is 0 Å². The van der Waals surface area contributed by atoms with Crippen LogP contribution in [0.1, 0.15) is 24.9 Å². The highest BCUT2D eigenvalue weighted by Crippen LogP contribution is 2.57. The Morgan fingerprint density at radius 2 is 1.84 bits per heavy atom. The fourth-order valence-electron chi connectivity index (χ4n) is 4.65. The molecule has 1 saturated carbocycles. The van der Waals surface area contributed by atoms with Gasteiger partial charge in [0.25, 0.3) is 5.92 Å². The van der Waals surface area contributed by atoms with Crippen molar-refractivity contribution in [1.29, 1.82) is 0 Å². The van der Waals surface area contributed by atoms with Crippen LogP contribution >= 0.6 is 23.2 Å². The summed E-state index contributed by atoms with van der Waals surface area (Å²) in [6.45, 7) is 3.94. The van der Waals surface area contributed by atoms with Gasteiger partial charge in [-0.1, -0.05) is 23.7 Å². The number of imidazole rings is 1. The van der Waals surface area contributed by atoms with E-state index < -0.39 is 11.8 Å². The monoisotopic (exact) mass is 466 g/mol. The Kier molecular flexibility index (Phi) is 5.07. The Hall–Kier alpha value is -2.03. The minimum Gasteiger partial charge on any atom is -0.349 e. The maximum atomic E-state index is 14.1. The summed E-state index contributed by atoms with van der Waals surface area (Å²) in [5.74, 6) is -2.61. The lowest BCUT2D eigenvalue weighted by Gasteiger charge is -2.44. The summed E-state index contributed by atoms with van der Waals surface area (Å²) < 4.78 is 30.0. The van der Waals surface area contributed by atoms with Gasteiger partial charge in [-0.05, 0) is 36.2 Å². The Morgan fingerprint density at radius 1 is 1.13 bits per heavy atom. The van der Waals surface area contributed by atoms with Crippen molar-refractivity contribution in [3.05, 3.63) is 46.5 Å². The molecular weight excluding hydrogens is 445 g/mol.